The molecule has 0 saturated carbocycles. The van der Waals surface area contributed by atoms with E-state index in [2.05, 4.69) is 24.3 Å². The zero-order chi connectivity index (χ0) is 28.2. The molecule has 0 N–H and O–H groups in total. The summed E-state index contributed by atoms with van der Waals surface area (Å²) in [5, 5.41) is 39.2. The van der Waals surface area contributed by atoms with Crippen LogP contribution in [0.3, 0.4) is 0 Å². The second-order valence-electron chi connectivity index (χ2n) is 9.85. The van der Waals surface area contributed by atoms with Crippen molar-refractivity contribution in [1.29, 1.82) is 21.0 Å². The van der Waals surface area contributed by atoms with Gasteiger partial charge in [0.15, 0.2) is 0 Å². The third-order valence-electron chi connectivity index (χ3n) is 7.34. The summed E-state index contributed by atoms with van der Waals surface area (Å²) in [6, 6.07) is 36.4. The molecule has 4 aromatic carbocycles. The average Bonchev–Trinajstić information content (AvgIpc) is 3.02. The van der Waals surface area contributed by atoms with Crippen LogP contribution < -0.4 is 0 Å². The van der Waals surface area contributed by atoms with Gasteiger partial charge in [-0.1, -0.05) is 111 Å². The van der Waals surface area contributed by atoms with E-state index in [1.165, 1.54) is 0 Å². The molecule has 0 aromatic heterocycles. The van der Waals surface area contributed by atoms with Crippen molar-refractivity contribution in [2.75, 3.05) is 0 Å². The van der Waals surface area contributed by atoms with E-state index in [4.69, 9.17) is 0 Å². The minimum Gasteiger partial charge on any atom is -0.192 e. The van der Waals surface area contributed by atoms with E-state index >= 15 is 0 Å². The SMILES string of the molecule is N#Cc1c(CCCCCCCCc2ccc(-c3ccccc3)c(C#N)c2C#N)ccc(-c2ccccc2)c1C#N. The van der Waals surface area contributed by atoms with Crippen LogP contribution in [0.4, 0.5) is 0 Å². The van der Waals surface area contributed by atoms with E-state index in [1.54, 1.807) is 0 Å². The molecular weight excluding hydrogens is 488 g/mol. The first-order valence-corrected chi connectivity index (χ1v) is 13.7. The van der Waals surface area contributed by atoms with Crippen LogP contribution in [0.5, 0.6) is 0 Å². The second-order valence-corrected chi connectivity index (χ2v) is 9.85. The van der Waals surface area contributed by atoms with Gasteiger partial charge in [0.1, 0.15) is 24.3 Å². The molecule has 0 spiro atoms. The Balaban J connectivity index is 1.27. The maximum Gasteiger partial charge on any atom is 0.101 e. The zero-order valence-electron chi connectivity index (χ0n) is 22.5. The van der Waals surface area contributed by atoms with Gasteiger partial charge in [-0.05, 0) is 47.9 Å². The van der Waals surface area contributed by atoms with Crippen LogP contribution in [0.2, 0.25) is 0 Å². The average molecular weight is 519 g/mol. The van der Waals surface area contributed by atoms with Crippen LogP contribution in [0.25, 0.3) is 22.3 Å². The third-order valence-corrected chi connectivity index (χ3v) is 7.34. The number of hydrogen-bond donors (Lipinski definition) is 0. The van der Waals surface area contributed by atoms with Gasteiger partial charge in [0.2, 0.25) is 0 Å². The highest BCUT2D eigenvalue weighted by Crippen LogP contribution is 2.30. The first-order chi connectivity index (χ1) is 19.7. The van der Waals surface area contributed by atoms with Crippen molar-refractivity contribution in [3.05, 3.63) is 118 Å². The quantitative estimate of drug-likeness (QED) is 0.186. The van der Waals surface area contributed by atoms with Gasteiger partial charge in [-0.3, -0.25) is 0 Å². The lowest BCUT2D eigenvalue weighted by Crippen LogP contribution is -1.98. The van der Waals surface area contributed by atoms with E-state index < -0.39 is 0 Å². The van der Waals surface area contributed by atoms with Gasteiger partial charge in [0, 0.05) is 11.1 Å². The van der Waals surface area contributed by atoms with Gasteiger partial charge in [0.05, 0.1) is 22.3 Å². The smallest absolute Gasteiger partial charge is 0.101 e. The van der Waals surface area contributed by atoms with Crippen molar-refractivity contribution in [2.45, 2.75) is 51.4 Å². The fourth-order valence-electron chi connectivity index (χ4n) is 5.25. The van der Waals surface area contributed by atoms with Gasteiger partial charge in [-0.15, -0.1) is 0 Å². The molecule has 0 aliphatic rings. The van der Waals surface area contributed by atoms with Crippen LogP contribution >= 0.6 is 0 Å². The van der Waals surface area contributed by atoms with Gasteiger partial charge >= 0.3 is 0 Å². The largest absolute Gasteiger partial charge is 0.192 e. The summed E-state index contributed by atoms with van der Waals surface area (Å²) in [4.78, 5) is 0. The lowest BCUT2D eigenvalue weighted by molar-refractivity contribution is 0.593. The summed E-state index contributed by atoms with van der Waals surface area (Å²) < 4.78 is 0. The van der Waals surface area contributed by atoms with E-state index in [0.29, 0.717) is 22.3 Å². The molecule has 0 fully saturated rings. The van der Waals surface area contributed by atoms with Crippen LogP contribution in [0, 0.1) is 45.3 Å². The van der Waals surface area contributed by atoms with E-state index in [0.717, 1.165) is 84.7 Å². The molecule has 0 amide bonds. The normalized spacial score (nSPS) is 10.2. The van der Waals surface area contributed by atoms with Crippen molar-refractivity contribution in [3.8, 4) is 46.5 Å². The monoisotopic (exact) mass is 518 g/mol. The maximum absolute atomic E-state index is 9.80. The number of hydrogen-bond acceptors (Lipinski definition) is 4. The van der Waals surface area contributed by atoms with Crippen LogP contribution in [-0.2, 0) is 12.8 Å². The predicted molar refractivity (Wildman–Crippen MR) is 158 cm³/mol. The molecule has 40 heavy (non-hydrogen) atoms. The van der Waals surface area contributed by atoms with Crippen LogP contribution in [0.1, 0.15) is 71.9 Å². The molecule has 4 aromatic rings. The first kappa shape index (κ1) is 27.9. The van der Waals surface area contributed by atoms with Crippen molar-refractivity contribution < 1.29 is 0 Å². The minimum atomic E-state index is 0.458. The zero-order valence-corrected chi connectivity index (χ0v) is 22.5. The summed E-state index contributed by atoms with van der Waals surface area (Å²) in [7, 11) is 0. The van der Waals surface area contributed by atoms with Gasteiger partial charge in [0.25, 0.3) is 0 Å². The Morgan fingerprint density at radius 3 is 1.07 bits per heavy atom. The number of unbranched alkanes of at least 4 members (excludes halogenated alkanes) is 5. The lowest BCUT2D eigenvalue weighted by atomic mass is 9.90. The number of benzene rings is 4. The number of rotatable bonds is 11. The molecule has 0 aliphatic heterocycles. The fourth-order valence-corrected chi connectivity index (χ4v) is 5.25. The summed E-state index contributed by atoms with van der Waals surface area (Å²) in [5.74, 6) is 0. The van der Waals surface area contributed by atoms with Crippen LogP contribution in [-0.4, -0.2) is 0 Å². The maximum atomic E-state index is 9.80. The molecule has 0 saturated heterocycles. The Morgan fingerprint density at radius 1 is 0.375 bits per heavy atom. The predicted octanol–water partition coefficient (Wildman–Crippen LogP) is 8.63. The molecule has 0 atom stereocenters. The summed E-state index contributed by atoms with van der Waals surface area (Å²) >= 11 is 0. The van der Waals surface area contributed by atoms with Crippen molar-refractivity contribution in [2.24, 2.45) is 0 Å². The molecule has 0 unspecified atom stereocenters. The Hall–Kier alpha value is -5.16. The Bertz CT molecular complexity index is 1500. The lowest BCUT2D eigenvalue weighted by Gasteiger charge is -2.11. The number of nitrogens with zero attached hydrogens (tertiary/aromatic N) is 4. The molecule has 0 heterocycles. The molecule has 0 aliphatic carbocycles. The fraction of sp³-hybridized carbons (Fsp3) is 0.222. The summed E-state index contributed by atoms with van der Waals surface area (Å²) in [6.45, 7) is 0. The van der Waals surface area contributed by atoms with Crippen molar-refractivity contribution in [1.82, 2.24) is 0 Å². The van der Waals surface area contributed by atoms with Gasteiger partial charge < -0.3 is 0 Å². The summed E-state index contributed by atoms with van der Waals surface area (Å²) in [6.07, 6.45) is 7.80. The Labute approximate surface area is 237 Å². The third kappa shape index (κ3) is 6.45. The molecule has 4 heteroatoms. The highest BCUT2D eigenvalue weighted by atomic mass is 14.3. The molecule has 4 rings (SSSR count). The minimum absolute atomic E-state index is 0.458. The highest BCUT2D eigenvalue weighted by Gasteiger charge is 2.15. The standard InChI is InChI=1S/C36H30N4/c37-23-33-29(19-21-31(35(33)25-39)27-13-9-5-10-14-27)17-7-3-1-2-4-8-18-30-20-22-32(28-15-11-6-12-16-28)36(26-40)34(30)24-38/h5-6,9-16,19-22H,1-4,7-8,17-18H2. The number of aryl methyl sites for hydroxylation is 2. The molecule has 194 valence electrons. The summed E-state index contributed by atoms with van der Waals surface area (Å²) in [5.41, 5.74) is 7.28. The second kappa shape index (κ2) is 14.1. The van der Waals surface area contributed by atoms with E-state index in [1.807, 2.05) is 84.9 Å². The molecule has 0 bridgehead atoms. The van der Waals surface area contributed by atoms with Crippen molar-refractivity contribution >= 4 is 0 Å². The van der Waals surface area contributed by atoms with E-state index in [9.17, 15) is 21.0 Å². The molecular formula is C36H30N4. The first-order valence-electron chi connectivity index (χ1n) is 13.7. The van der Waals surface area contributed by atoms with Gasteiger partial charge in [-0.2, -0.15) is 21.0 Å². The van der Waals surface area contributed by atoms with Crippen LogP contribution in [0.15, 0.2) is 84.9 Å². The number of nitriles is 4. The highest BCUT2D eigenvalue weighted by molar-refractivity contribution is 5.76. The molecule has 4 nitrogen and oxygen atoms in total. The Morgan fingerprint density at radius 2 is 0.725 bits per heavy atom. The molecule has 0 radical (unpaired) electrons. The van der Waals surface area contributed by atoms with Gasteiger partial charge in [-0.25, -0.2) is 0 Å². The van der Waals surface area contributed by atoms with Crippen molar-refractivity contribution in [3.63, 3.8) is 0 Å². The topological polar surface area (TPSA) is 95.2 Å². The van der Waals surface area contributed by atoms with E-state index in [-0.39, 0.29) is 0 Å². The Kier molecular flexibility index (Phi) is 9.84.